The normalized spacial score (nSPS) is 13.9. The molecule has 44 heavy (non-hydrogen) atoms. The minimum absolute atomic E-state index is 0.177. The van der Waals surface area contributed by atoms with Crippen LogP contribution in [0.4, 0.5) is 0 Å². The molecule has 8 aromatic carbocycles. The van der Waals surface area contributed by atoms with E-state index in [1.807, 2.05) is 0 Å². The summed E-state index contributed by atoms with van der Waals surface area (Å²) in [6, 6.07) is 51.9. The van der Waals surface area contributed by atoms with E-state index in [-0.39, 0.29) is 5.41 Å². The molecular formula is C43H29N. The van der Waals surface area contributed by atoms with Gasteiger partial charge in [-0.25, -0.2) is 0 Å². The van der Waals surface area contributed by atoms with Crippen molar-refractivity contribution in [2.24, 2.45) is 0 Å². The van der Waals surface area contributed by atoms with E-state index in [0.717, 1.165) is 0 Å². The van der Waals surface area contributed by atoms with E-state index in [1.165, 1.54) is 92.8 Å². The van der Waals surface area contributed by atoms with E-state index in [4.69, 9.17) is 0 Å². The molecule has 0 saturated heterocycles. The monoisotopic (exact) mass is 559 g/mol. The summed E-state index contributed by atoms with van der Waals surface area (Å²) in [4.78, 5) is 0. The number of benzene rings is 8. The average Bonchev–Trinajstić information content (AvgIpc) is 3.52. The minimum Gasteiger partial charge on any atom is -0.309 e. The van der Waals surface area contributed by atoms with Crippen LogP contribution in [0.2, 0.25) is 0 Å². The maximum absolute atomic E-state index is 2.49. The molecule has 0 spiro atoms. The van der Waals surface area contributed by atoms with Gasteiger partial charge in [-0.05, 0) is 95.7 Å². The lowest BCUT2D eigenvalue weighted by molar-refractivity contribution is 0.667. The van der Waals surface area contributed by atoms with Gasteiger partial charge in [0.15, 0.2) is 0 Å². The van der Waals surface area contributed by atoms with E-state index in [2.05, 4.69) is 158 Å². The molecule has 1 heterocycles. The van der Waals surface area contributed by atoms with E-state index in [1.54, 1.807) is 0 Å². The van der Waals surface area contributed by atoms with Gasteiger partial charge in [0.2, 0.25) is 0 Å². The highest BCUT2D eigenvalue weighted by atomic mass is 15.0. The fourth-order valence-electron chi connectivity index (χ4n) is 8.43. The fourth-order valence-corrected chi connectivity index (χ4v) is 8.43. The summed E-state index contributed by atoms with van der Waals surface area (Å²) >= 11 is 0. The van der Waals surface area contributed by atoms with Gasteiger partial charge >= 0.3 is 0 Å². The second-order valence-corrected chi connectivity index (χ2v) is 12.9. The number of aromatic nitrogens is 1. The van der Waals surface area contributed by atoms with Crippen molar-refractivity contribution in [3.05, 3.63) is 151 Å². The summed E-state index contributed by atoms with van der Waals surface area (Å²) in [7, 11) is 0. The molecule has 0 atom stereocenters. The average molecular weight is 560 g/mol. The molecule has 206 valence electrons. The van der Waals surface area contributed by atoms with Gasteiger partial charge in [0.1, 0.15) is 0 Å². The molecule has 1 nitrogen and oxygen atoms in total. The van der Waals surface area contributed by atoms with Crippen molar-refractivity contribution in [2.75, 3.05) is 0 Å². The topological polar surface area (TPSA) is 4.93 Å². The summed E-state index contributed by atoms with van der Waals surface area (Å²) in [6.45, 7) is 4.86. The lowest BCUT2D eigenvalue weighted by atomic mass is 9.78. The van der Waals surface area contributed by atoms with Gasteiger partial charge in [0, 0.05) is 21.9 Å². The molecule has 1 aliphatic rings. The Morgan fingerprint density at radius 2 is 1.05 bits per heavy atom. The molecule has 0 bridgehead atoms. The quantitative estimate of drug-likeness (QED) is 0.176. The van der Waals surface area contributed by atoms with E-state index >= 15 is 0 Å². The van der Waals surface area contributed by atoms with E-state index in [9.17, 15) is 0 Å². The zero-order valence-corrected chi connectivity index (χ0v) is 24.7. The Bertz CT molecular complexity index is 2650. The molecule has 0 aliphatic heterocycles. The van der Waals surface area contributed by atoms with Gasteiger partial charge in [-0.3, -0.25) is 0 Å². The van der Waals surface area contributed by atoms with Gasteiger partial charge in [-0.2, -0.15) is 0 Å². The molecule has 1 aliphatic carbocycles. The molecule has 0 amide bonds. The van der Waals surface area contributed by atoms with Crippen LogP contribution < -0.4 is 0 Å². The van der Waals surface area contributed by atoms with Crippen molar-refractivity contribution < 1.29 is 0 Å². The zero-order chi connectivity index (χ0) is 29.2. The molecule has 10 rings (SSSR count). The number of hydrogen-bond acceptors (Lipinski definition) is 0. The highest BCUT2D eigenvalue weighted by Gasteiger charge is 2.38. The number of nitrogens with zero attached hydrogens (tertiary/aromatic N) is 1. The molecule has 1 aromatic heterocycles. The first kappa shape index (κ1) is 24.1. The van der Waals surface area contributed by atoms with Crippen LogP contribution >= 0.6 is 0 Å². The first-order valence-corrected chi connectivity index (χ1v) is 15.5. The van der Waals surface area contributed by atoms with Crippen molar-refractivity contribution in [1.29, 1.82) is 0 Å². The Morgan fingerprint density at radius 3 is 1.86 bits per heavy atom. The molecule has 9 aromatic rings. The molecule has 0 fully saturated rings. The lowest BCUT2D eigenvalue weighted by Crippen LogP contribution is -2.16. The van der Waals surface area contributed by atoms with Gasteiger partial charge < -0.3 is 4.57 Å². The second kappa shape index (κ2) is 8.36. The minimum atomic E-state index is -0.177. The van der Waals surface area contributed by atoms with Crippen molar-refractivity contribution in [2.45, 2.75) is 19.3 Å². The Labute approximate surface area is 255 Å². The smallest absolute Gasteiger partial charge is 0.0544 e. The van der Waals surface area contributed by atoms with Crippen LogP contribution in [0.1, 0.15) is 25.0 Å². The molecule has 0 radical (unpaired) electrons. The third-order valence-corrected chi connectivity index (χ3v) is 10.3. The Balaban J connectivity index is 1.36. The molecule has 1 heteroatoms. The van der Waals surface area contributed by atoms with Gasteiger partial charge in [0.25, 0.3) is 0 Å². The Hall–Kier alpha value is -5.40. The maximum Gasteiger partial charge on any atom is 0.0544 e. The van der Waals surface area contributed by atoms with E-state index < -0.39 is 0 Å². The summed E-state index contributed by atoms with van der Waals surface area (Å²) in [5, 5.41) is 13.3. The highest BCUT2D eigenvalue weighted by molar-refractivity contribution is 6.32. The molecular weight excluding hydrogens is 530 g/mol. The first-order chi connectivity index (χ1) is 21.6. The largest absolute Gasteiger partial charge is 0.309 e. The van der Waals surface area contributed by atoms with Gasteiger partial charge in [-0.1, -0.05) is 123 Å². The maximum atomic E-state index is 2.49. The van der Waals surface area contributed by atoms with Crippen LogP contribution in [-0.2, 0) is 5.41 Å². The number of para-hydroxylation sites is 2. The summed E-state index contributed by atoms with van der Waals surface area (Å²) < 4.78 is 2.44. The van der Waals surface area contributed by atoms with Crippen LogP contribution in [0.25, 0.3) is 81.7 Å². The Kier molecular flexibility index (Phi) is 4.58. The van der Waals surface area contributed by atoms with Crippen molar-refractivity contribution in [3.8, 4) is 16.8 Å². The highest BCUT2D eigenvalue weighted by Crippen LogP contribution is 2.55. The summed E-state index contributed by atoms with van der Waals surface area (Å²) in [6.07, 6.45) is 0. The summed E-state index contributed by atoms with van der Waals surface area (Å²) in [5.74, 6) is 0. The van der Waals surface area contributed by atoms with Gasteiger partial charge in [0.05, 0.1) is 11.0 Å². The third-order valence-electron chi connectivity index (χ3n) is 10.3. The van der Waals surface area contributed by atoms with Crippen molar-refractivity contribution in [3.63, 3.8) is 0 Å². The number of fused-ring (bicyclic) bond motifs is 15. The van der Waals surface area contributed by atoms with E-state index in [0.29, 0.717) is 0 Å². The predicted octanol–water partition coefficient (Wildman–Crippen LogP) is 11.7. The first-order valence-electron chi connectivity index (χ1n) is 15.5. The zero-order valence-electron chi connectivity index (χ0n) is 24.7. The van der Waals surface area contributed by atoms with Crippen LogP contribution in [0.5, 0.6) is 0 Å². The predicted molar refractivity (Wildman–Crippen MR) is 188 cm³/mol. The molecule has 0 unspecified atom stereocenters. The Morgan fingerprint density at radius 1 is 0.432 bits per heavy atom. The van der Waals surface area contributed by atoms with Crippen LogP contribution in [-0.4, -0.2) is 4.57 Å². The number of hydrogen-bond donors (Lipinski definition) is 0. The van der Waals surface area contributed by atoms with Crippen molar-refractivity contribution >= 4 is 64.9 Å². The third kappa shape index (κ3) is 2.94. The summed E-state index contributed by atoms with van der Waals surface area (Å²) in [5.41, 5.74) is 9.10. The second-order valence-electron chi connectivity index (χ2n) is 12.9. The molecule has 0 N–H and O–H groups in total. The van der Waals surface area contributed by atoms with Crippen LogP contribution in [0, 0.1) is 0 Å². The fraction of sp³-hybridized carbons (Fsp3) is 0.0698. The van der Waals surface area contributed by atoms with Gasteiger partial charge in [-0.15, -0.1) is 0 Å². The number of rotatable bonds is 1. The standard InChI is InChI=1S/C43H29N/c1-43(2)37-25-39-36(29-16-10-11-19-38(29)44(39)27-13-4-3-5-14-27)24-35(37)34-23-22-33-32-21-20-26-12-6-7-15-28(26)40(32)30-17-8-9-18-31(30)41(33)42(34)43/h3-25H,1-2H3. The van der Waals surface area contributed by atoms with Crippen LogP contribution in [0.15, 0.2) is 140 Å². The lowest BCUT2D eigenvalue weighted by Gasteiger charge is -2.25. The van der Waals surface area contributed by atoms with Crippen LogP contribution in [0.3, 0.4) is 0 Å². The molecule has 0 saturated carbocycles. The van der Waals surface area contributed by atoms with Crippen molar-refractivity contribution in [1.82, 2.24) is 4.57 Å². The SMILES string of the molecule is CC1(C)c2cc3c(cc2-c2ccc4c5ccc6ccccc6c5c5ccccc5c4c21)c1ccccc1n3-c1ccccc1.